The van der Waals surface area contributed by atoms with Gasteiger partial charge in [0.15, 0.2) is 0 Å². The van der Waals surface area contributed by atoms with Crippen LogP contribution in [0.4, 0.5) is 8.78 Å². The van der Waals surface area contributed by atoms with Crippen molar-refractivity contribution < 1.29 is 18.7 Å². The zero-order valence-electron chi connectivity index (χ0n) is 18.9. The van der Waals surface area contributed by atoms with Crippen LogP contribution in [0.2, 0.25) is 0 Å². The van der Waals surface area contributed by atoms with Crippen LogP contribution in [-0.4, -0.2) is 31.5 Å². The second-order valence-corrected chi connectivity index (χ2v) is 9.83. The number of carboxylic acids is 1. The monoisotopic (exact) mass is 462 g/mol. The molecule has 0 saturated heterocycles. The lowest BCUT2D eigenvalue weighted by molar-refractivity contribution is -0.150. The number of carbonyl (C=O) groups is 1. The first kappa shape index (κ1) is 22.1. The molecule has 0 aliphatic heterocycles. The van der Waals surface area contributed by atoms with Crippen LogP contribution in [0, 0.1) is 17.1 Å². The lowest BCUT2D eigenvalue weighted by atomic mass is 9.79. The fourth-order valence-electron chi connectivity index (χ4n) is 5.41. The van der Waals surface area contributed by atoms with Gasteiger partial charge in [0.05, 0.1) is 23.3 Å². The molecule has 4 aromatic rings. The Morgan fingerprint density at radius 1 is 1.35 bits per heavy atom. The van der Waals surface area contributed by atoms with Crippen LogP contribution < -0.4 is 0 Å². The van der Waals surface area contributed by atoms with E-state index in [0.29, 0.717) is 12.1 Å². The number of H-pyrrole nitrogens is 1. The largest absolute Gasteiger partial charge is 0.479 e. The summed E-state index contributed by atoms with van der Waals surface area (Å²) >= 11 is 0. The van der Waals surface area contributed by atoms with Crippen molar-refractivity contribution in [1.29, 1.82) is 5.26 Å². The highest BCUT2D eigenvalue weighted by molar-refractivity contribution is 5.99. The van der Waals surface area contributed by atoms with E-state index in [-0.39, 0.29) is 31.0 Å². The van der Waals surface area contributed by atoms with Gasteiger partial charge in [-0.3, -0.25) is 5.10 Å². The molecule has 174 valence electrons. The summed E-state index contributed by atoms with van der Waals surface area (Å²) in [5.74, 6) is -2.15. The second-order valence-electron chi connectivity index (χ2n) is 9.83. The van der Waals surface area contributed by atoms with E-state index >= 15 is 4.39 Å². The fourth-order valence-corrected chi connectivity index (χ4v) is 5.41. The summed E-state index contributed by atoms with van der Waals surface area (Å²) in [5.41, 5.74) is 1.07. The minimum absolute atomic E-state index is 0.0688. The maximum Gasteiger partial charge on any atom is 0.341 e. The molecule has 1 aliphatic carbocycles. The number of rotatable bonds is 5. The van der Waals surface area contributed by atoms with E-state index in [9.17, 15) is 19.6 Å². The molecule has 2 aromatic carbocycles. The molecule has 2 atom stereocenters. The molecule has 1 aliphatic rings. The number of alkyl halides is 1. The number of benzene rings is 2. The number of nitrogens with one attached hydrogen (secondary N) is 1. The Bertz CT molecular complexity index is 1460. The second kappa shape index (κ2) is 7.66. The van der Waals surface area contributed by atoms with Crippen LogP contribution in [0.3, 0.4) is 0 Å². The van der Waals surface area contributed by atoms with Crippen LogP contribution >= 0.6 is 0 Å². The summed E-state index contributed by atoms with van der Waals surface area (Å²) in [4.78, 5) is 11.7. The van der Waals surface area contributed by atoms with E-state index < -0.39 is 17.1 Å². The van der Waals surface area contributed by atoms with E-state index in [4.69, 9.17) is 0 Å². The molecule has 0 bridgehead atoms. The number of nitrogens with zero attached hydrogens (tertiary/aromatic N) is 3. The number of carboxylic acid groups (broad SMARTS) is 1. The number of hydrogen-bond donors (Lipinski definition) is 2. The Kier molecular flexibility index (Phi) is 4.97. The minimum atomic E-state index is -2.29. The Labute approximate surface area is 194 Å². The first-order valence-electron chi connectivity index (χ1n) is 11.2. The number of aromatic nitrogens is 3. The highest BCUT2D eigenvalue weighted by Crippen LogP contribution is 2.50. The van der Waals surface area contributed by atoms with Gasteiger partial charge in [-0.25, -0.2) is 13.6 Å². The molecular formula is C26H24F2N4O2. The molecule has 8 heteroatoms. The number of halogens is 2. The Balaban J connectivity index is 1.88. The maximum absolute atomic E-state index is 15.2. The van der Waals surface area contributed by atoms with Crippen LogP contribution in [0.15, 0.2) is 42.6 Å². The molecule has 34 heavy (non-hydrogen) atoms. The summed E-state index contributed by atoms with van der Waals surface area (Å²) in [5, 5.41) is 28.0. The van der Waals surface area contributed by atoms with Crippen molar-refractivity contribution in [2.24, 2.45) is 0 Å². The molecule has 1 saturated carbocycles. The lowest BCUT2D eigenvalue weighted by Crippen LogP contribution is -2.30. The van der Waals surface area contributed by atoms with Crippen LogP contribution in [0.1, 0.15) is 56.7 Å². The van der Waals surface area contributed by atoms with Gasteiger partial charge in [0, 0.05) is 34.0 Å². The van der Waals surface area contributed by atoms with E-state index in [0.717, 1.165) is 33.1 Å². The van der Waals surface area contributed by atoms with Gasteiger partial charge in [-0.05, 0) is 67.1 Å². The predicted molar refractivity (Wildman–Crippen MR) is 124 cm³/mol. The average Bonchev–Trinajstić information content (AvgIpc) is 3.48. The van der Waals surface area contributed by atoms with Crippen molar-refractivity contribution in [1.82, 2.24) is 14.8 Å². The standard InChI is InChI=1S/C26H24F2N4O2/c1-25(2,9-10-29)23-22(15-7-8-26(28,13-15)24(33)34)19-12-20-16(14-30-31-20)11-21(19)32(23)18-5-3-17(27)4-6-18/h3-6,11-12,14-15H,7-9,13H2,1-2H3,(H,30,31)(H,33,34)/t15-,26+/m1/s1. The summed E-state index contributed by atoms with van der Waals surface area (Å²) in [6, 6.07) is 12.3. The Morgan fingerprint density at radius 2 is 2.09 bits per heavy atom. The van der Waals surface area contributed by atoms with Gasteiger partial charge in [-0.15, -0.1) is 0 Å². The number of hydrogen-bond acceptors (Lipinski definition) is 3. The first-order chi connectivity index (χ1) is 16.1. The molecule has 1 fully saturated rings. The van der Waals surface area contributed by atoms with E-state index in [1.807, 2.05) is 30.5 Å². The van der Waals surface area contributed by atoms with Crippen LogP contribution in [0.25, 0.3) is 27.5 Å². The highest BCUT2D eigenvalue weighted by atomic mass is 19.1. The predicted octanol–water partition coefficient (Wildman–Crippen LogP) is 5.90. The lowest BCUT2D eigenvalue weighted by Gasteiger charge is -2.28. The smallest absolute Gasteiger partial charge is 0.341 e. The maximum atomic E-state index is 15.2. The van der Waals surface area contributed by atoms with Crippen molar-refractivity contribution in [2.75, 3.05) is 0 Å². The van der Waals surface area contributed by atoms with E-state index in [2.05, 4.69) is 16.3 Å². The molecule has 2 N–H and O–H groups in total. The zero-order valence-corrected chi connectivity index (χ0v) is 18.9. The van der Waals surface area contributed by atoms with Gasteiger partial charge in [-0.2, -0.15) is 10.4 Å². The zero-order chi connectivity index (χ0) is 24.3. The molecule has 0 radical (unpaired) electrons. The summed E-state index contributed by atoms with van der Waals surface area (Å²) in [6.45, 7) is 3.91. The van der Waals surface area contributed by atoms with Crippen molar-refractivity contribution >= 4 is 27.8 Å². The van der Waals surface area contributed by atoms with Crippen LogP contribution in [0.5, 0.6) is 0 Å². The van der Waals surface area contributed by atoms with E-state index in [1.165, 1.54) is 12.1 Å². The fraction of sp³-hybridized carbons (Fsp3) is 0.346. The first-order valence-corrected chi connectivity index (χ1v) is 11.2. The SMILES string of the molecule is CC(C)(CC#N)c1c([C@@H]2CC[C@@](F)(C(=O)O)C2)c2cc3[nH]ncc3cc2n1-c1ccc(F)cc1. The van der Waals surface area contributed by atoms with Crippen molar-refractivity contribution in [3.63, 3.8) is 0 Å². The highest BCUT2D eigenvalue weighted by Gasteiger charge is 2.48. The molecule has 2 aromatic heterocycles. The number of nitriles is 1. The number of aliphatic carboxylic acids is 1. The van der Waals surface area contributed by atoms with Gasteiger partial charge in [0.25, 0.3) is 0 Å². The molecule has 2 heterocycles. The Morgan fingerprint density at radius 3 is 2.74 bits per heavy atom. The topological polar surface area (TPSA) is 94.7 Å². The average molecular weight is 463 g/mol. The van der Waals surface area contributed by atoms with Crippen LogP contribution in [-0.2, 0) is 10.2 Å². The quantitative estimate of drug-likeness (QED) is 0.386. The molecular weight excluding hydrogens is 438 g/mol. The molecule has 5 rings (SSSR count). The molecule has 0 unspecified atom stereocenters. The summed E-state index contributed by atoms with van der Waals surface area (Å²) in [6.07, 6.45) is 2.08. The Hall–Kier alpha value is -3.73. The summed E-state index contributed by atoms with van der Waals surface area (Å²) in [7, 11) is 0. The molecule has 0 spiro atoms. The van der Waals surface area contributed by atoms with Gasteiger partial charge < -0.3 is 9.67 Å². The van der Waals surface area contributed by atoms with Crippen molar-refractivity contribution in [2.45, 2.75) is 56.5 Å². The van der Waals surface area contributed by atoms with Crippen molar-refractivity contribution in [3.05, 3.63) is 59.7 Å². The molecule has 0 amide bonds. The normalized spacial score (nSPS) is 20.7. The third-order valence-corrected chi connectivity index (χ3v) is 7.06. The number of aromatic amines is 1. The molecule has 6 nitrogen and oxygen atoms in total. The third kappa shape index (κ3) is 3.35. The minimum Gasteiger partial charge on any atom is -0.479 e. The third-order valence-electron chi connectivity index (χ3n) is 7.06. The van der Waals surface area contributed by atoms with Crippen molar-refractivity contribution in [3.8, 4) is 11.8 Å². The van der Waals surface area contributed by atoms with Gasteiger partial charge in [0.1, 0.15) is 5.82 Å². The van der Waals surface area contributed by atoms with E-state index in [1.54, 1.807) is 18.3 Å². The summed E-state index contributed by atoms with van der Waals surface area (Å²) < 4.78 is 31.0. The number of fused-ring (bicyclic) bond motifs is 2. The van der Waals surface area contributed by atoms with Gasteiger partial charge in [-0.1, -0.05) is 13.8 Å². The van der Waals surface area contributed by atoms with Gasteiger partial charge >= 0.3 is 5.97 Å². The van der Waals surface area contributed by atoms with Gasteiger partial charge in [0.2, 0.25) is 5.67 Å².